The van der Waals surface area contributed by atoms with Crippen molar-refractivity contribution in [1.29, 1.82) is 0 Å². The lowest BCUT2D eigenvalue weighted by Gasteiger charge is -2.20. The fourth-order valence-corrected chi connectivity index (χ4v) is 2.35. The normalized spacial score (nSPS) is 15.4. The topological polar surface area (TPSA) is 69.4 Å². The van der Waals surface area contributed by atoms with Crippen LogP contribution in [0.2, 0.25) is 0 Å². The summed E-state index contributed by atoms with van der Waals surface area (Å²) >= 11 is 0. The summed E-state index contributed by atoms with van der Waals surface area (Å²) in [5, 5.41) is -0.602. The number of hydrogen-bond acceptors (Lipinski definition) is 4. The second-order valence-electron chi connectivity index (χ2n) is 4.28. The Morgan fingerprint density at radius 3 is 2.35 bits per heavy atom. The van der Waals surface area contributed by atoms with Gasteiger partial charge in [0.15, 0.2) is 9.84 Å². The zero-order valence-corrected chi connectivity index (χ0v) is 11.4. The summed E-state index contributed by atoms with van der Waals surface area (Å²) in [5.41, 5.74) is 7.77. The summed E-state index contributed by atoms with van der Waals surface area (Å²) in [6.07, 6.45) is 1.20. The van der Waals surface area contributed by atoms with Crippen LogP contribution in [0.15, 0.2) is 18.2 Å². The van der Waals surface area contributed by atoms with E-state index >= 15 is 0 Å². The highest BCUT2D eigenvalue weighted by Crippen LogP contribution is 2.25. The summed E-state index contributed by atoms with van der Waals surface area (Å²) in [7, 11) is -1.55. The Labute approximate surface area is 103 Å². The fourth-order valence-electron chi connectivity index (χ4n) is 1.67. The fraction of sp³-hybridized carbons (Fsp3) is 0.500. The van der Waals surface area contributed by atoms with Crippen LogP contribution in [0.5, 0.6) is 5.75 Å². The zero-order valence-electron chi connectivity index (χ0n) is 10.6. The standard InChI is InChI=1S/C12H19NO3S/c1-8-7-10(16-3)5-6-11(8)12(13)9(2)17(4,14)15/h5-7,9,12H,13H2,1-4H3. The van der Waals surface area contributed by atoms with Gasteiger partial charge in [-0.15, -0.1) is 0 Å². The van der Waals surface area contributed by atoms with Gasteiger partial charge in [-0.2, -0.15) is 0 Å². The number of nitrogens with two attached hydrogens (primary N) is 1. The molecule has 17 heavy (non-hydrogen) atoms. The Hall–Kier alpha value is -1.07. The molecule has 5 heteroatoms. The van der Waals surface area contributed by atoms with Crippen molar-refractivity contribution in [3.63, 3.8) is 0 Å². The van der Waals surface area contributed by atoms with Crippen molar-refractivity contribution in [1.82, 2.24) is 0 Å². The third-order valence-corrected chi connectivity index (χ3v) is 4.66. The predicted molar refractivity (Wildman–Crippen MR) is 69.0 cm³/mol. The number of aryl methyl sites for hydroxylation is 1. The van der Waals surface area contributed by atoms with Crippen LogP contribution >= 0.6 is 0 Å². The Balaban J connectivity index is 3.09. The van der Waals surface area contributed by atoms with E-state index in [1.807, 2.05) is 19.1 Å². The lowest BCUT2D eigenvalue weighted by molar-refractivity contribution is 0.414. The molecule has 4 nitrogen and oxygen atoms in total. The summed E-state index contributed by atoms with van der Waals surface area (Å²) in [6, 6.07) is 4.94. The van der Waals surface area contributed by atoms with Crippen LogP contribution in [0.4, 0.5) is 0 Å². The maximum atomic E-state index is 11.5. The van der Waals surface area contributed by atoms with Crippen molar-refractivity contribution in [2.24, 2.45) is 5.73 Å². The van der Waals surface area contributed by atoms with Crippen LogP contribution in [-0.4, -0.2) is 27.0 Å². The third-order valence-electron chi connectivity index (χ3n) is 3.02. The zero-order chi connectivity index (χ0) is 13.2. The molecule has 0 aliphatic rings. The highest BCUT2D eigenvalue weighted by atomic mass is 32.2. The molecule has 0 saturated carbocycles. The maximum Gasteiger partial charge on any atom is 0.151 e. The number of sulfone groups is 1. The molecule has 1 aromatic rings. The minimum Gasteiger partial charge on any atom is -0.497 e. The molecule has 2 unspecified atom stereocenters. The molecular weight excluding hydrogens is 238 g/mol. The molecule has 2 atom stereocenters. The van der Waals surface area contributed by atoms with E-state index in [0.717, 1.165) is 16.9 Å². The van der Waals surface area contributed by atoms with E-state index in [4.69, 9.17) is 10.5 Å². The van der Waals surface area contributed by atoms with E-state index in [9.17, 15) is 8.42 Å². The van der Waals surface area contributed by atoms with E-state index in [-0.39, 0.29) is 0 Å². The number of ether oxygens (including phenoxy) is 1. The van der Waals surface area contributed by atoms with E-state index in [1.165, 1.54) is 6.26 Å². The molecule has 0 bridgehead atoms. The Kier molecular flexibility index (Phi) is 4.16. The van der Waals surface area contributed by atoms with Crippen molar-refractivity contribution in [2.45, 2.75) is 25.1 Å². The van der Waals surface area contributed by atoms with Crippen LogP contribution in [0.1, 0.15) is 24.1 Å². The molecule has 0 aromatic heterocycles. The van der Waals surface area contributed by atoms with Crippen molar-refractivity contribution in [2.75, 3.05) is 13.4 Å². The maximum absolute atomic E-state index is 11.5. The van der Waals surface area contributed by atoms with Gasteiger partial charge in [0, 0.05) is 12.3 Å². The Morgan fingerprint density at radius 2 is 1.94 bits per heavy atom. The van der Waals surface area contributed by atoms with Gasteiger partial charge in [-0.25, -0.2) is 8.42 Å². The monoisotopic (exact) mass is 257 g/mol. The first-order valence-corrected chi connectivity index (χ1v) is 7.31. The third kappa shape index (κ3) is 3.20. The number of rotatable bonds is 4. The molecule has 0 radical (unpaired) electrons. The van der Waals surface area contributed by atoms with Crippen LogP contribution in [0, 0.1) is 6.92 Å². The lowest BCUT2D eigenvalue weighted by atomic mass is 9.99. The van der Waals surface area contributed by atoms with Gasteiger partial charge < -0.3 is 10.5 Å². The Morgan fingerprint density at radius 1 is 1.35 bits per heavy atom. The van der Waals surface area contributed by atoms with Crippen LogP contribution in [0.25, 0.3) is 0 Å². The molecule has 0 amide bonds. The average molecular weight is 257 g/mol. The first kappa shape index (κ1) is 14.0. The number of benzene rings is 1. The highest BCUT2D eigenvalue weighted by Gasteiger charge is 2.25. The molecule has 0 aliphatic carbocycles. The summed E-state index contributed by atoms with van der Waals surface area (Å²) in [6.45, 7) is 3.52. The van der Waals surface area contributed by atoms with Crippen molar-refractivity contribution >= 4 is 9.84 Å². The minimum absolute atomic E-state index is 0.518. The summed E-state index contributed by atoms with van der Waals surface area (Å²) < 4.78 is 28.0. The molecule has 0 spiro atoms. The van der Waals surface area contributed by atoms with Crippen molar-refractivity contribution in [3.05, 3.63) is 29.3 Å². The van der Waals surface area contributed by atoms with Gasteiger partial charge in [0.25, 0.3) is 0 Å². The smallest absolute Gasteiger partial charge is 0.151 e. The second kappa shape index (κ2) is 5.06. The van der Waals surface area contributed by atoms with E-state index in [1.54, 1.807) is 20.1 Å². The largest absolute Gasteiger partial charge is 0.497 e. The molecular formula is C12H19NO3S. The first-order valence-electron chi connectivity index (χ1n) is 5.36. The quantitative estimate of drug-likeness (QED) is 0.886. The van der Waals surface area contributed by atoms with E-state index in [2.05, 4.69) is 0 Å². The van der Waals surface area contributed by atoms with Gasteiger partial charge in [0.1, 0.15) is 5.75 Å². The van der Waals surface area contributed by atoms with Gasteiger partial charge in [-0.05, 0) is 37.1 Å². The van der Waals surface area contributed by atoms with Crippen molar-refractivity contribution < 1.29 is 13.2 Å². The molecule has 96 valence electrons. The molecule has 0 aliphatic heterocycles. The first-order chi connectivity index (χ1) is 7.77. The number of hydrogen-bond donors (Lipinski definition) is 1. The Bertz CT molecular complexity index is 496. The summed E-state index contributed by atoms with van der Waals surface area (Å²) in [5.74, 6) is 0.741. The molecule has 1 aromatic carbocycles. The van der Waals surface area contributed by atoms with Crippen LogP contribution < -0.4 is 10.5 Å². The van der Waals surface area contributed by atoms with Gasteiger partial charge in [-0.3, -0.25) is 0 Å². The van der Waals surface area contributed by atoms with Crippen molar-refractivity contribution in [3.8, 4) is 5.75 Å². The van der Waals surface area contributed by atoms with E-state index < -0.39 is 21.1 Å². The number of methoxy groups -OCH3 is 1. The lowest BCUT2D eigenvalue weighted by Crippen LogP contribution is -2.30. The highest BCUT2D eigenvalue weighted by molar-refractivity contribution is 7.91. The molecule has 1 rings (SSSR count). The molecule has 0 saturated heterocycles. The van der Waals surface area contributed by atoms with Crippen LogP contribution in [0.3, 0.4) is 0 Å². The van der Waals surface area contributed by atoms with E-state index in [0.29, 0.717) is 0 Å². The van der Waals surface area contributed by atoms with Gasteiger partial charge >= 0.3 is 0 Å². The SMILES string of the molecule is COc1ccc(C(N)C(C)S(C)(=O)=O)c(C)c1. The minimum atomic E-state index is -3.14. The molecule has 0 heterocycles. The molecule has 0 fully saturated rings. The van der Waals surface area contributed by atoms with Gasteiger partial charge in [-0.1, -0.05) is 6.07 Å². The average Bonchev–Trinajstić information content (AvgIpc) is 2.25. The van der Waals surface area contributed by atoms with Gasteiger partial charge in [0.05, 0.1) is 12.4 Å². The van der Waals surface area contributed by atoms with Crippen LogP contribution in [-0.2, 0) is 9.84 Å². The molecule has 2 N–H and O–H groups in total. The van der Waals surface area contributed by atoms with Gasteiger partial charge in [0.2, 0.25) is 0 Å². The second-order valence-corrected chi connectivity index (χ2v) is 6.69. The predicted octanol–water partition coefficient (Wildman–Crippen LogP) is 1.44. The summed E-state index contributed by atoms with van der Waals surface area (Å²) in [4.78, 5) is 0.